The molecule has 0 aliphatic carbocycles. The first kappa shape index (κ1) is 18.6. The predicted octanol–water partition coefficient (Wildman–Crippen LogP) is 3.20. The Bertz CT molecular complexity index is 715. The fourth-order valence-electron chi connectivity index (χ4n) is 3.64. The molecule has 0 aromatic heterocycles. The van der Waals surface area contributed by atoms with E-state index in [1.807, 2.05) is 41.3 Å². The van der Waals surface area contributed by atoms with Crippen LogP contribution in [0, 0.1) is 0 Å². The normalized spacial score (nSPS) is 18.5. The lowest BCUT2D eigenvalue weighted by molar-refractivity contribution is -0.136. The predicted molar refractivity (Wildman–Crippen MR) is 105 cm³/mol. The number of piperazine rings is 1. The Kier molecular flexibility index (Phi) is 5.74. The number of amides is 1. The topological polar surface area (TPSA) is 49.6 Å². The van der Waals surface area contributed by atoms with E-state index in [9.17, 15) is 4.79 Å². The average molecular weight is 351 g/mol. The minimum Gasteiger partial charge on any atom is -0.340 e. The van der Waals surface area contributed by atoms with E-state index in [1.54, 1.807) is 0 Å². The third-order valence-electron chi connectivity index (χ3n) is 5.26. The Morgan fingerprint density at radius 1 is 1.04 bits per heavy atom. The van der Waals surface area contributed by atoms with Crippen LogP contribution < -0.4 is 5.73 Å². The Balaban J connectivity index is 1.59. The molecule has 1 amide bonds. The van der Waals surface area contributed by atoms with Crippen LogP contribution in [-0.2, 0) is 11.3 Å². The molecule has 1 atom stereocenters. The molecule has 0 saturated carbocycles. The first-order valence-electron chi connectivity index (χ1n) is 9.33. The molecule has 0 spiro atoms. The van der Waals surface area contributed by atoms with Gasteiger partial charge in [-0.25, -0.2) is 0 Å². The molecule has 0 bridgehead atoms. The minimum absolute atomic E-state index is 0.0550. The molecule has 4 nitrogen and oxygen atoms in total. The molecule has 3 rings (SSSR count). The largest absolute Gasteiger partial charge is 0.340 e. The lowest BCUT2D eigenvalue weighted by Gasteiger charge is -2.47. The second-order valence-corrected chi connectivity index (χ2v) is 7.76. The van der Waals surface area contributed by atoms with E-state index >= 15 is 0 Å². The molecule has 2 N–H and O–H groups in total. The number of hydrogen-bond donors (Lipinski definition) is 1. The molecule has 1 aliphatic rings. The summed E-state index contributed by atoms with van der Waals surface area (Å²) in [5.74, 6) is 0.147. The zero-order valence-corrected chi connectivity index (χ0v) is 15.8. The molecule has 1 aliphatic heterocycles. The standard InChI is InChI=1S/C22H29N3O/c1-22(2)17-24(13-14-25(22)16-18-9-5-3-6-10-18)21(26)15-20(23)19-11-7-4-8-12-19/h3-12,20H,13-17,23H2,1-2H3. The Morgan fingerprint density at radius 3 is 2.27 bits per heavy atom. The van der Waals surface area contributed by atoms with Gasteiger partial charge in [0.15, 0.2) is 0 Å². The van der Waals surface area contributed by atoms with Crippen LogP contribution in [0.25, 0.3) is 0 Å². The number of carbonyl (C=O) groups excluding carboxylic acids is 1. The lowest BCUT2D eigenvalue weighted by Crippen LogP contribution is -2.60. The highest BCUT2D eigenvalue weighted by molar-refractivity contribution is 5.77. The average Bonchev–Trinajstić information content (AvgIpc) is 2.64. The molecule has 4 heteroatoms. The van der Waals surface area contributed by atoms with Crippen molar-refractivity contribution in [2.24, 2.45) is 5.73 Å². The van der Waals surface area contributed by atoms with Crippen molar-refractivity contribution in [1.82, 2.24) is 9.80 Å². The molecular formula is C22H29N3O. The number of carbonyl (C=O) groups is 1. The molecule has 1 fully saturated rings. The van der Waals surface area contributed by atoms with Crippen molar-refractivity contribution in [3.8, 4) is 0 Å². The van der Waals surface area contributed by atoms with E-state index in [0.717, 1.165) is 31.7 Å². The van der Waals surface area contributed by atoms with Gasteiger partial charge in [0.2, 0.25) is 5.91 Å². The highest BCUT2D eigenvalue weighted by atomic mass is 16.2. The van der Waals surface area contributed by atoms with Crippen molar-refractivity contribution in [3.63, 3.8) is 0 Å². The van der Waals surface area contributed by atoms with E-state index < -0.39 is 0 Å². The number of nitrogens with two attached hydrogens (primary N) is 1. The maximum Gasteiger partial charge on any atom is 0.224 e. The van der Waals surface area contributed by atoms with Gasteiger partial charge in [0, 0.05) is 44.2 Å². The number of benzene rings is 2. The summed E-state index contributed by atoms with van der Waals surface area (Å²) in [6.07, 6.45) is 0.360. The first-order chi connectivity index (χ1) is 12.5. The van der Waals surface area contributed by atoms with Crippen LogP contribution in [0.4, 0.5) is 0 Å². The Labute approximate surface area is 156 Å². The smallest absolute Gasteiger partial charge is 0.224 e. The van der Waals surface area contributed by atoms with E-state index in [2.05, 4.69) is 43.0 Å². The third-order valence-corrected chi connectivity index (χ3v) is 5.26. The zero-order valence-electron chi connectivity index (χ0n) is 15.8. The van der Waals surface area contributed by atoms with Crippen molar-refractivity contribution in [1.29, 1.82) is 0 Å². The van der Waals surface area contributed by atoms with Gasteiger partial charge >= 0.3 is 0 Å². The highest BCUT2D eigenvalue weighted by Gasteiger charge is 2.35. The molecule has 2 aromatic rings. The summed E-state index contributed by atoms with van der Waals surface area (Å²) >= 11 is 0. The molecule has 26 heavy (non-hydrogen) atoms. The van der Waals surface area contributed by atoms with Crippen molar-refractivity contribution >= 4 is 5.91 Å². The van der Waals surface area contributed by atoms with Crippen molar-refractivity contribution in [3.05, 3.63) is 71.8 Å². The summed E-state index contributed by atoms with van der Waals surface area (Å²) in [6, 6.07) is 20.1. The van der Waals surface area contributed by atoms with Gasteiger partial charge in [-0.1, -0.05) is 60.7 Å². The number of rotatable bonds is 5. The number of hydrogen-bond acceptors (Lipinski definition) is 3. The molecular weight excluding hydrogens is 322 g/mol. The van der Waals surface area contributed by atoms with Crippen LogP contribution in [0.3, 0.4) is 0 Å². The lowest BCUT2D eigenvalue weighted by atomic mass is 9.96. The van der Waals surface area contributed by atoms with Gasteiger partial charge < -0.3 is 10.6 Å². The molecule has 138 valence electrons. The second-order valence-electron chi connectivity index (χ2n) is 7.76. The molecule has 0 radical (unpaired) electrons. The molecule has 1 unspecified atom stereocenters. The molecule has 1 saturated heterocycles. The second kappa shape index (κ2) is 8.02. The van der Waals surface area contributed by atoms with Gasteiger partial charge in [-0.3, -0.25) is 9.69 Å². The van der Waals surface area contributed by atoms with Crippen LogP contribution in [0.15, 0.2) is 60.7 Å². The van der Waals surface area contributed by atoms with E-state index in [0.29, 0.717) is 6.42 Å². The van der Waals surface area contributed by atoms with E-state index in [-0.39, 0.29) is 17.5 Å². The van der Waals surface area contributed by atoms with Crippen molar-refractivity contribution in [2.45, 2.75) is 38.4 Å². The maximum atomic E-state index is 12.8. The third kappa shape index (κ3) is 4.51. The van der Waals surface area contributed by atoms with Gasteiger partial charge in [-0.05, 0) is 25.0 Å². The van der Waals surface area contributed by atoms with Crippen LogP contribution in [0.2, 0.25) is 0 Å². The zero-order chi connectivity index (χ0) is 18.6. The summed E-state index contributed by atoms with van der Waals surface area (Å²) in [4.78, 5) is 17.2. The van der Waals surface area contributed by atoms with Crippen molar-refractivity contribution < 1.29 is 4.79 Å². The Morgan fingerprint density at radius 2 is 1.65 bits per heavy atom. The number of nitrogens with zero attached hydrogens (tertiary/aromatic N) is 2. The van der Waals surface area contributed by atoms with Gasteiger partial charge in [-0.15, -0.1) is 0 Å². The molecule has 2 aromatic carbocycles. The Hall–Kier alpha value is -2.17. The summed E-state index contributed by atoms with van der Waals surface area (Å²) < 4.78 is 0. The van der Waals surface area contributed by atoms with Crippen LogP contribution >= 0.6 is 0 Å². The van der Waals surface area contributed by atoms with Gasteiger partial charge in [0.05, 0.1) is 0 Å². The van der Waals surface area contributed by atoms with Crippen molar-refractivity contribution in [2.75, 3.05) is 19.6 Å². The summed E-state index contributed by atoms with van der Waals surface area (Å²) in [6.45, 7) is 7.73. The van der Waals surface area contributed by atoms with Gasteiger partial charge in [-0.2, -0.15) is 0 Å². The maximum absolute atomic E-state index is 12.8. The molecule has 1 heterocycles. The fourth-order valence-corrected chi connectivity index (χ4v) is 3.64. The van der Waals surface area contributed by atoms with E-state index in [4.69, 9.17) is 5.73 Å². The minimum atomic E-state index is -0.242. The van der Waals surface area contributed by atoms with Gasteiger partial charge in [0.25, 0.3) is 0 Å². The highest BCUT2D eigenvalue weighted by Crippen LogP contribution is 2.25. The monoisotopic (exact) mass is 351 g/mol. The van der Waals surface area contributed by atoms with Crippen LogP contribution in [0.1, 0.15) is 37.4 Å². The summed E-state index contributed by atoms with van der Waals surface area (Å²) in [5.41, 5.74) is 8.51. The van der Waals surface area contributed by atoms with Crippen LogP contribution in [-0.4, -0.2) is 40.9 Å². The van der Waals surface area contributed by atoms with E-state index in [1.165, 1.54) is 5.56 Å². The first-order valence-corrected chi connectivity index (χ1v) is 9.33. The SMILES string of the molecule is CC1(C)CN(C(=O)CC(N)c2ccccc2)CCN1Cc1ccccc1. The fraction of sp³-hybridized carbons (Fsp3) is 0.409. The summed E-state index contributed by atoms with van der Waals surface area (Å²) in [5, 5.41) is 0. The van der Waals surface area contributed by atoms with Gasteiger partial charge in [0.1, 0.15) is 0 Å². The quantitative estimate of drug-likeness (QED) is 0.900. The summed E-state index contributed by atoms with van der Waals surface area (Å²) in [7, 11) is 0. The van der Waals surface area contributed by atoms with Crippen LogP contribution in [0.5, 0.6) is 0 Å².